The van der Waals surface area contributed by atoms with Gasteiger partial charge in [0.25, 0.3) is 5.91 Å². The fourth-order valence-electron chi connectivity index (χ4n) is 1.88. The number of amides is 1. The molecule has 110 valence electrons. The molecule has 0 bridgehead atoms. The lowest BCUT2D eigenvalue weighted by Gasteiger charge is -2.07. The smallest absolute Gasteiger partial charge is 0.251 e. The number of ether oxygens (including phenoxy) is 1. The molecule has 1 aromatic rings. The zero-order valence-corrected chi connectivity index (χ0v) is 12.6. The van der Waals surface area contributed by atoms with Crippen molar-refractivity contribution < 1.29 is 9.53 Å². The molecular weight excluding hydrogens is 276 g/mol. The van der Waals surface area contributed by atoms with Gasteiger partial charge in [-0.1, -0.05) is 18.5 Å². The molecule has 20 heavy (non-hydrogen) atoms. The van der Waals surface area contributed by atoms with Gasteiger partial charge in [-0.3, -0.25) is 4.79 Å². The molecule has 5 heteroatoms. The van der Waals surface area contributed by atoms with E-state index in [2.05, 4.69) is 10.3 Å². The second-order valence-corrected chi connectivity index (χ2v) is 5.54. The highest BCUT2D eigenvalue weighted by molar-refractivity contribution is 6.29. The third-order valence-electron chi connectivity index (χ3n) is 3.27. The van der Waals surface area contributed by atoms with Crippen LogP contribution in [0.25, 0.3) is 0 Å². The Morgan fingerprint density at radius 2 is 2.30 bits per heavy atom. The van der Waals surface area contributed by atoms with Crippen molar-refractivity contribution in [3.05, 3.63) is 28.5 Å². The van der Waals surface area contributed by atoms with Crippen molar-refractivity contribution in [2.24, 2.45) is 5.92 Å². The Kier molecular flexibility index (Phi) is 5.80. The molecule has 0 aromatic carbocycles. The first-order valence-corrected chi connectivity index (χ1v) is 7.59. The van der Waals surface area contributed by atoms with Crippen LogP contribution < -0.4 is 5.32 Å². The fraction of sp³-hybridized carbons (Fsp3) is 0.600. The van der Waals surface area contributed by atoms with Crippen LogP contribution in [0.5, 0.6) is 0 Å². The Morgan fingerprint density at radius 3 is 3.00 bits per heavy atom. The maximum atomic E-state index is 12.0. The highest BCUT2D eigenvalue weighted by Crippen LogP contribution is 2.28. The van der Waals surface area contributed by atoms with E-state index in [1.165, 1.54) is 12.8 Å². The summed E-state index contributed by atoms with van der Waals surface area (Å²) in [6, 6.07) is 3.38. The van der Waals surface area contributed by atoms with Gasteiger partial charge in [-0.2, -0.15) is 0 Å². The van der Waals surface area contributed by atoms with Crippen molar-refractivity contribution in [2.45, 2.75) is 32.6 Å². The number of carbonyl (C=O) groups is 1. The quantitative estimate of drug-likeness (QED) is 0.593. The van der Waals surface area contributed by atoms with Crippen molar-refractivity contribution in [3.8, 4) is 0 Å². The lowest BCUT2D eigenvalue weighted by atomic mass is 10.2. The highest BCUT2D eigenvalue weighted by Gasteiger charge is 2.20. The molecule has 0 unspecified atom stereocenters. The maximum Gasteiger partial charge on any atom is 0.251 e. The monoisotopic (exact) mass is 296 g/mol. The molecule has 0 aliphatic heterocycles. The van der Waals surface area contributed by atoms with Crippen molar-refractivity contribution in [3.63, 3.8) is 0 Å². The number of hydrogen-bond donors (Lipinski definition) is 1. The Morgan fingerprint density at radius 1 is 1.50 bits per heavy atom. The van der Waals surface area contributed by atoms with Crippen LogP contribution in [0, 0.1) is 5.92 Å². The number of rotatable bonds is 8. The van der Waals surface area contributed by atoms with E-state index >= 15 is 0 Å². The number of nitrogens with one attached hydrogen (secondary N) is 1. The number of hydrogen-bond acceptors (Lipinski definition) is 3. The molecule has 1 aliphatic carbocycles. The zero-order chi connectivity index (χ0) is 14.4. The maximum absolute atomic E-state index is 12.0. The molecule has 1 aromatic heterocycles. The molecule has 2 rings (SSSR count). The van der Waals surface area contributed by atoms with Gasteiger partial charge >= 0.3 is 0 Å². The van der Waals surface area contributed by atoms with Crippen LogP contribution >= 0.6 is 11.6 Å². The molecule has 1 amide bonds. The normalized spacial score (nSPS) is 14.3. The summed E-state index contributed by atoms with van der Waals surface area (Å²) in [6.45, 7) is 4.17. The van der Waals surface area contributed by atoms with Crippen LogP contribution in [-0.4, -0.2) is 30.6 Å². The SMILES string of the molecule is CCc1cc(C(=O)NCCCOCC2CC2)cc(Cl)n1. The standard InChI is InChI=1S/C15H21ClN2O2/c1-2-13-8-12(9-14(16)18-13)15(19)17-6-3-7-20-10-11-4-5-11/h8-9,11H,2-7,10H2,1H3,(H,17,19). The Labute approximate surface area is 124 Å². The van der Waals surface area contributed by atoms with E-state index in [0.29, 0.717) is 23.9 Å². The Hall–Kier alpha value is -1.13. The zero-order valence-electron chi connectivity index (χ0n) is 11.8. The molecule has 4 nitrogen and oxygen atoms in total. The number of nitrogens with zero attached hydrogens (tertiary/aromatic N) is 1. The molecular formula is C15H21ClN2O2. The first kappa shape index (κ1) is 15.3. The van der Waals surface area contributed by atoms with E-state index in [0.717, 1.165) is 31.1 Å². The van der Waals surface area contributed by atoms with Gasteiger partial charge in [-0.05, 0) is 43.7 Å². The number of carbonyl (C=O) groups excluding carboxylic acids is 1. The number of halogens is 1. The van der Waals surface area contributed by atoms with E-state index in [4.69, 9.17) is 16.3 Å². The molecule has 0 saturated heterocycles. The second kappa shape index (κ2) is 7.60. The molecule has 1 heterocycles. The predicted octanol–water partition coefficient (Wildman–Crippen LogP) is 2.84. The Bertz CT molecular complexity index is 461. The third-order valence-corrected chi connectivity index (χ3v) is 3.47. The van der Waals surface area contributed by atoms with Gasteiger partial charge in [0.2, 0.25) is 0 Å². The second-order valence-electron chi connectivity index (χ2n) is 5.15. The summed E-state index contributed by atoms with van der Waals surface area (Å²) < 4.78 is 5.52. The average Bonchev–Trinajstić information content (AvgIpc) is 3.25. The van der Waals surface area contributed by atoms with Crippen molar-refractivity contribution in [1.29, 1.82) is 0 Å². The first-order valence-electron chi connectivity index (χ1n) is 7.21. The third kappa shape index (κ3) is 5.10. The number of pyridine rings is 1. The van der Waals surface area contributed by atoms with E-state index in [1.54, 1.807) is 12.1 Å². The molecule has 0 atom stereocenters. The van der Waals surface area contributed by atoms with Gasteiger partial charge in [-0.25, -0.2) is 4.98 Å². The van der Waals surface area contributed by atoms with Crippen LogP contribution in [0.1, 0.15) is 42.2 Å². The van der Waals surface area contributed by atoms with Crippen LogP contribution in [0.2, 0.25) is 5.15 Å². The molecule has 1 N–H and O–H groups in total. The summed E-state index contributed by atoms with van der Waals surface area (Å²) in [7, 11) is 0. The summed E-state index contributed by atoms with van der Waals surface area (Å²) >= 11 is 5.90. The molecule has 1 fully saturated rings. The van der Waals surface area contributed by atoms with E-state index < -0.39 is 0 Å². The van der Waals surface area contributed by atoms with E-state index in [9.17, 15) is 4.79 Å². The van der Waals surface area contributed by atoms with Gasteiger partial charge in [-0.15, -0.1) is 0 Å². The van der Waals surface area contributed by atoms with E-state index in [-0.39, 0.29) is 5.91 Å². The lowest BCUT2D eigenvalue weighted by molar-refractivity contribution is 0.0937. The lowest BCUT2D eigenvalue weighted by Crippen LogP contribution is -2.25. The minimum absolute atomic E-state index is 0.105. The summed E-state index contributed by atoms with van der Waals surface area (Å²) in [5.41, 5.74) is 1.40. The van der Waals surface area contributed by atoms with Crippen molar-refractivity contribution in [1.82, 2.24) is 10.3 Å². The number of aromatic nitrogens is 1. The summed E-state index contributed by atoms with van der Waals surface area (Å²) in [4.78, 5) is 16.1. The van der Waals surface area contributed by atoms with Crippen LogP contribution in [-0.2, 0) is 11.2 Å². The van der Waals surface area contributed by atoms with Gasteiger partial charge in [0.1, 0.15) is 5.15 Å². The molecule has 1 saturated carbocycles. The molecule has 0 radical (unpaired) electrons. The fourth-order valence-corrected chi connectivity index (χ4v) is 2.10. The molecule has 1 aliphatic rings. The van der Waals surface area contributed by atoms with Gasteiger partial charge in [0, 0.05) is 31.0 Å². The highest BCUT2D eigenvalue weighted by atomic mass is 35.5. The van der Waals surface area contributed by atoms with Crippen molar-refractivity contribution in [2.75, 3.05) is 19.8 Å². The summed E-state index contributed by atoms with van der Waals surface area (Å²) in [5, 5.41) is 3.24. The minimum atomic E-state index is -0.105. The summed E-state index contributed by atoms with van der Waals surface area (Å²) in [6.07, 6.45) is 4.20. The largest absolute Gasteiger partial charge is 0.381 e. The van der Waals surface area contributed by atoms with Crippen LogP contribution in [0.15, 0.2) is 12.1 Å². The van der Waals surface area contributed by atoms with Crippen LogP contribution in [0.4, 0.5) is 0 Å². The number of aryl methyl sites for hydroxylation is 1. The topological polar surface area (TPSA) is 51.2 Å². The van der Waals surface area contributed by atoms with Crippen molar-refractivity contribution >= 4 is 17.5 Å². The predicted molar refractivity (Wildman–Crippen MR) is 79.1 cm³/mol. The van der Waals surface area contributed by atoms with E-state index in [1.807, 2.05) is 6.92 Å². The summed E-state index contributed by atoms with van der Waals surface area (Å²) in [5.74, 6) is 0.683. The van der Waals surface area contributed by atoms with Gasteiger partial charge < -0.3 is 10.1 Å². The molecule has 0 spiro atoms. The van der Waals surface area contributed by atoms with Gasteiger partial charge in [0.15, 0.2) is 0 Å². The first-order chi connectivity index (χ1) is 9.69. The average molecular weight is 297 g/mol. The van der Waals surface area contributed by atoms with Crippen LogP contribution in [0.3, 0.4) is 0 Å². The van der Waals surface area contributed by atoms with Gasteiger partial charge in [0.05, 0.1) is 0 Å². The minimum Gasteiger partial charge on any atom is -0.381 e. The Balaban J connectivity index is 1.69.